The van der Waals surface area contributed by atoms with Crippen LogP contribution in [0, 0.1) is 0 Å². The predicted molar refractivity (Wildman–Crippen MR) is 120 cm³/mol. The van der Waals surface area contributed by atoms with Gasteiger partial charge >= 0.3 is 0 Å². The molecule has 2 aromatic rings. The monoisotopic (exact) mass is 427 g/mol. The molecule has 1 aliphatic heterocycles. The zero-order valence-electron chi connectivity index (χ0n) is 17.3. The van der Waals surface area contributed by atoms with Crippen molar-refractivity contribution in [2.24, 2.45) is 4.99 Å². The topological polar surface area (TPSA) is 80.2 Å². The number of rotatable bonds is 7. The van der Waals surface area contributed by atoms with Crippen LogP contribution in [0.4, 0.5) is 11.4 Å². The summed E-state index contributed by atoms with van der Waals surface area (Å²) in [4.78, 5) is 31.6. The Labute approximate surface area is 180 Å². The Kier molecular flexibility index (Phi) is 7.35. The summed E-state index contributed by atoms with van der Waals surface area (Å²) in [6.45, 7) is 4.90. The van der Waals surface area contributed by atoms with E-state index in [2.05, 4.69) is 10.3 Å². The van der Waals surface area contributed by atoms with Crippen molar-refractivity contribution in [3.63, 3.8) is 0 Å². The van der Waals surface area contributed by atoms with Gasteiger partial charge in [0.15, 0.2) is 5.17 Å². The molecule has 1 heterocycles. The van der Waals surface area contributed by atoms with Gasteiger partial charge in [-0.1, -0.05) is 11.8 Å². The molecule has 0 unspecified atom stereocenters. The fourth-order valence-corrected chi connectivity index (χ4v) is 4.11. The highest BCUT2D eigenvalue weighted by Gasteiger charge is 2.35. The molecule has 2 aromatic carbocycles. The van der Waals surface area contributed by atoms with Gasteiger partial charge in [-0.2, -0.15) is 0 Å². The molecule has 158 valence electrons. The van der Waals surface area contributed by atoms with Crippen LogP contribution in [0.1, 0.15) is 20.3 Å². The standard InChI is InChI=1S/C22H25N3O4S/c1-4-25-20(26)14-19(21(27)23-15-6-10-17(28-3)11-7-15)30-22(25)24-16-8-12-18(13-9-16)29-5-2/h6-13,19H,4-5,14H2,1-3H3,(H,23,27)/t19-/m0/s1. The van der Waals surface area contributed by atoms with Crippen molar-refractivity contribution in [2.45, 2.75) is 25.5 Å². The number of aliphatic imine (C=N–C) groups is 1. The molecule has 2 amide bonds. The number of ether oxygens (including phenoxy) is 2. The first-order valence-corrected chi connectivity index (χ1v) is 10.7. The van der Waals surface area contributed by atoms with Crippen molar-refractivity contribution < 1.29 is 19.1 Å². The lowest BCUT2D eigenvalue weighted by Crippen LogP contribution is -2.45. The van der Waals surface area contributed by atoms with Gasteiger partial charge in [0.25, 0.3) is 0 Å². The molecule has 0 aliphatic carbocycles. The molecule has 1 atom stereocenters. The molecule has 0 radical (unpaired) electrons. The van der Waals surface area contributed by atoms with Crippen molar-refractivity contribution in [3.05, 3.63) is 48.5 Å². The number of nitrogens with zero attached hydrogens (tertiary/aromatic N) is 2. The second kappa shape index (κ2) is 10.2. The van der Waals surface area contributed by atoms with Crippen LogP contribution >= 0.6 is 11.8 Å². The van der Waals surface area contributed by atoms with Crippen molar-refractivity contribution in [2.75, 3.05) is 25.6 Å². The van der Waals surface area contributed by atoms with Gasteiger partial charge in [-0.15, -0.1) is 0 Å². The van der Waals surface area contributed by atoms with Crippen LogP contribution < -0.4 is 14.8 Å². The zero-order chi connectivity index (χ0) is 21.5. The summed E-state index contributed by atoms with van der Waals surface area (Å²) in [5, 5.41) is 2.83. The van der Waals surface area contributed by atoms with Crippen molar-refractivity contribution >= 4 is 40.1 Å². The molecule has 7 nitrogen and oxygen atoms in total. The van der Waals surface area contributed by atoms with Gasteiger partial charge in [-0.25, -0.2) is 4.99 Å². The zero-order valence-corrected chi connectivity index (χ0v) is 18.1. The van der Waals surface area contributed by atoms with Gasteiger partial charge in [0, 0.05) is 18.7 Å². The van der Waals surface area contributed by atoms with E-state index in [1.165, 1.54) is 11.8 Å². The summed E-state index contributed by atoms with van der Waals surface area (Å²) in [6, 6.07) is 14.4. The lowest BCUT2D eigenvalue weighted by atomic mass is 10.2. The number of benzene rings is 2. The summed E-state index contributed by atoms with van der Waals surface area (Å²) in [6.07, 6.45) is 0.128. The first-order valence-electron chi connectivity index (χ1n) is 9.77. The number of methoxy groups -OCH3 is 1. The van der Waals surface area contributed by atoms with E-state index >= 15 is 0 Å². The van der Waals surface area contributed by atoms with Gasteiger partial charge in [-0.3, -0.25) is 14.5 Å². The summed E-state index contributed by atoms with van der Waals surface area (Å²) < 4.78 is 10.6. The van der Waals surface area contributed by atoms with Gasteiger partial charge in [0.05, 0.1) is 19.4 Å². The van der Waals surface area contributed by atoms with Crippen LogP contribution in [0.15, 0.2) is 53.5 Å². The third kappa shape index (κ3) is 5.33. The Morgan fingerprint density at radius 1 is 1.13 bits per heavy atom. The Morgan fingerprint density at radius 3 is 2.40 bits per heavy atom. The third-order valence-corrected chi connectivity index (χ3v) is 5.67. The lowest BCUT2D eigenvalue weighted by molar-refractivity contribution is -0.129. The summed E-state index contributed by atoms with van der Waals surface area (Å²) >= 11 is 1.30. The highest BCUT2D eigenvalue weighted by Crippen LogP contribution is 2.30. The van der Waals surface area contributed by atoms with Crippen LogP contribution in [-0.4, -0.2) is 47.4 Å². The van der Waals surface area contributed by atoms with Crippen molar-refractivity contribution in [1.29, 1.82) is 0 Å². The Bertz CT molecular complexity index is 913. The second-order valence-electron chi connectivity index (χ2n) is 6.49. The number of amidine groups is 1. The van der Waals surface area contributed by atoms with Gasteiger partial charge in [0.1, 0.15) is 16.7 Å². The van der Waals surface area contributed by atoms with Crippen LogP contribution in [0.5, 0.6) is 11.5 Å². The minimum absolute atomic E-state index is 0.115. The number of thioether (sulfide) groups is 1. The van der Waals surface area contributed by atoms with E-state index in [1.807, 2.05) is 38.1 Å². The minimum atomic E-state index is -0.552. The number of carbonyl (C=O) groups is 2. The summed E-state index contributed by atoms with van der Waals surface area (Å²) in [7, 11) is 1.59. The molecule has 0 bridgehead atoms. The van der Waals surface area contributed by atoms with E-state index in [0.29, 0.717) is 35.4 Å². The molecule has 0 spiro atoms. The van der Waals surface area contributed by atoms with Crippen LogP contribution in [-0.2, 0) is 9.59 Å². The number of carbonyl (C=O) groups excluding carboxylic acids is 2. The Hall–Kier alpha value is -3.00. The SMILES string of the molecule is CCOc1ccc(N=C2S[C@H](C(=O)Nc3ccc(OC)cc3)CC(=O)N2CC)cc1. The maximum Gasteiger partial charge on any atom is 0.238 e. The number of nitrogens with one attached hydrogen (secondary N) is 1. The molecular weight excluding hydrogens is 402 g/mol. The molecule has 8 heteroatoms. The average Bonchev–Trinajstić information content (AvgIpc) is 2.75. The third-order valence-electron chi connectivity index (χ3n) is 4.48. The molecule has 1 saturated heterocycles. The van der Waals surface area contributed by atoms with E-state index in [-0.39, 0.29) is 18.2 Å². The van der Waals surface area contributed by atoms with Crippen molar-refractivity contribution in [3.8, 4) is 11.5 Å². The molecule has 1 fully saturated rings. The highest BCUT2D eigenvalue weighted by molar-refractivity contribution is 8.15. The number of hydrogen-bond acceptors (Lipinski definition) is 6. The maximum atomic E-state index is 12.8. The van der Waals surface area contributed by atoms with Crippen LogP contribution in [0.3, 0.4) is 0 Å². The average molecular weight is 428 g/mol. The number of amides is 2. The molecule has 30 heavy (non-hydrogen) atoms. The molecular formula is C22H25N3O4S. The number of hydrogen-bond donors (Lipinski definition) is 1. The largest absolute Gasteiger partial charge is 0.497 e. The molecule has 1 aliphatic rings. The second-order valence-corrected chi connectivity index (χ2v) is 7.66. The minimum Gasteiger partial charge on any atom is -0.497 e. The molecule has 3 rings (SSSR count). The van der Waals surface area contributed by atoms with Gasteiger partial charge in [0.2, 0.25) is 11.8 Å². The quantitative estimate of drug-likeness (QED) is 0.720. The first-order chi connectivity index (χ1) is 14.5. The molecule has 0 aromatic heterocycles. The van der Waals surface area contributed by atoms with E-state index in [1.54, 1.807) is 36.3 Å². The van der Waals surface area contributed by atoms with E-state index in [0.717, 1.165) is 5.75 Å². The van der Waals surface area contributed by atoms with Crippen LogP contribution in [0.2, 0.25) is 0 Å². The summed E-state index contributed by atoms with van der Waals surface area (Å²) in [5.41, 5.74) is 1.35. The van der Waals surface area contributed by atoms with Gasteiger partial charge < -0.3 is 14.8 Å². The summed E-state index contributed by atoms with van der Waals surface area (Å²) in [5.74, 6) is 1.13. The first kappa shape index (κ1) is 21.7. The van der Waals surface area contributed by atoms with E-state index < -0.39 is 5.25 Å². The maximum absolute atomic E-state index is 12.8. The van der Waals surface area contributed by atoms with Gasteiger partial charge in [-0.05, 0) is 62.4 Å². The fourth-order valence-electron chi connectivity index (χ4n) is 2.94. The number of anilines is 1. The van der Waals surface area contributed by atoms with E-state index in [9.17, 15) is 9.59 Å². The highest BCUT2D eigenvalue weighted by atomic mass is 32.2. The molecule has 1 N–H and O–H groups in total. The fraction of sp³-hybridized carbons (Fsp3) is 0.318. The Morgan fingerprint density at radius 2 is 1.80 bits per heavy atom. The molecule has 0 saturated carbocycles. The predicted octanol–water partition coefficient (Wildman–Crippen LogP) is 4.07. The Balaban J connectivity index is 1.75. The lowest BCUT2D eigenvalue weighted by Gasteiger charge is -2.30. The van der Waals surface area contributed by atoms with E-state index in [4.69, 9.17) is 9.47 Å². The normalized spacial score (nSPS) is 17.7. The smallest absolute Gasteiger partial charge is 0.238 e. The van der Waals surface area contributed by atoms with Crippen LogP contribution in [0.25, 0.3) is 0 Å². The van der Waals surface area contributed by atoms with Crippen molar-refractivity contribution in [1.82, 2.24) is 4.90 Å².